The summed E-state index contributed by atoms with van der Waals surface area (Å²) in [6.07, 6.45) is 1.81. The molecule has 1 amide bonds. The molecule has 116 valence electrons. The second kappa shape index (κ2) is 6.94. The lowest BCUT2D eigenvalue weighted by Gasteiger charge is -2.06. The molecule has 22 heavy (non-hydrogen) atoms. The van der Waals surface area contributed by atoms with E-state index in [0.717, 1.165) is 11.8 Å². The standard InChI is InChI=1S/C16H16ClNO3S/c1-22(20,21)15-7-5-13(6-8-15)16(19)18-10-9-12-3-2-4-14(17)11-12/h2-8,11H,9-10H2,1H3,(H,18,19). The maximum absolute atomic E-state index is 12.0. The van der Waals surface area contributed by atoms with Gasteiger partial charge in [-0.2, -0.15) is 0 Å². The zero-order valence-corrected chi connectivity index (χ0v) is 13.6. The molecule has 6 heteroatoms. The number of hydrogen-bond donors (Lipinski definition) is 1. The van der Waals surface area contributed by atoms with Crippen molar-refractivity contribution in [1.82, 2.24) is 5.32 Å². The molecular formula is C16H16ClNO3S. The molecule has 0 saturated heterocycles. The van der Waals surface area contributed by atoms with E-state index in [4.69, 9.17) is 11.6 Å². The number of benzene rings is 2. The molecule has 2 rings (SSSR count). The summed E-state index contributed by atoms with van der Waals surface area (Å²) in [6.45, 7) is 0.479. The lowest BCUT2D eigenvalue weighted by Crippen LogP contribution is -2.25. The Balaban J connectivity index is 1.92. The molecule has 0 aromatic heterocycles. The third-order valence-corrected chi connectivity index (χ3v) is 4.50. The minimum atomic E-state index is -3.25. The first-order valence-corrected chi connectivity index (χ1v) is 8.96. The van der Waals surface area contributed by atoms with Gasteiger partial charge in [0.1, 0.15) is 0 Å². The van der Waals surface area contributed by atoms with E-state index in [1.807, 2.05) is 18.2 Å². The summed E-state index contributed by atoms with van der Waals surface area (Å²) in [5.41, 5.74) is 1.47. The van der Waals surface area contributed by atoms with E-state index in [1.165, 1.54) is 24.3 Å². The monoisotopic (exact) mass is 337 g/mol. The van der Waals surface area contributed by atoms with Crippen LogP contribution in [-0.2, 0) is 16.3 Å². The third-order valence-electron chi connectivity index (χ3n) is 3.13. The topological polar surface area (TPSA) is 63.2 Å². The first kappa shape index (κ1) is 16.5. The van der Waals surface area contributed by atoms with Crippen molar-refractivity contribution in [3.8, 4) is 0 Å². The minimum absolute atomic E-state index is 0.197. The average molecular weight is 338 g/mol. The molecule has 0 unspecified atom stereocenters. The van der Waals surface area contributed by atoms with Gasteiger partial charge in [-0.1, -0.05) is 23.7 Å². The molecule has 0 spiro atoms. The van der Waals surface area contributed by atoms with Crippen molar-refractivity contribution >= 4 is 27.3 Å². The largest absolute Gasteiger partial charge is 0.352 e. The number of amides is 1. The van der Waals surface area contributed by atoms with Gasteiger partial charge in [-0.15, -0.1) is 0 Å². The SMILES string of the molecule is CS(=O)(=O)c1ccc(C(=O)NCCc2cccc(Cl)c2)cc1. The van der Waals surface area contributed by atoms with Crippen LogP contribution in [0.4, 0.5) is 0 Å². The molecule has 4 nitrogen and oxygen atoms in total. The highest BCUT2D eigenvalue weighted by Gasteiger charge is 2.09. The summed E-state index contributed by atoms with van der Waals surface area (Å²) < 4.78 is 22.7. The Hall–Kier alpha value is -1.85. The molecule has 2 aromatic rings. The molecule has 0 aliphatic rings. The van der Waals surface area contributed by atoms with E-state index < -0.39 is 9.84 Å². The Morgan fingerprint density at radius 1 is 1.14 bits per heavy atom. The first-order chi connectivity index (χ1) is 10.4. The Labute approximate surface area is 135 Å². The predicted octanol–water partition coefficient (Wildman–Crippen LogP) is 2.72. The van der Waals surface area contributed by atoms with Gasteiger partial charge in [0.15, 0.2) is 9.84 Å². The molecule has 2 aromatic carbocycles. The molecule has 0 saturated carbocycles. The second-order valence-electron chi connectivity index (χ2n) is 4.93. The molecule has 0 bridgehead atoms. The van der Waals surface area contributed by atoms with Gasteiger partial charge < -0.3 is 5.32 Å². The lowest BCUT2D eigenvalue weighted by atomic mass is 10.1. The molecule has 0 aliphatic heterocycles. The number of carbonyl (C=O) groups excluding carboxylic acids is 1. The van der Waals surface area contributed by atoms with Crippen molar-refractivity contribution in [2.24, 2.45) is 0 Å². The van der Waals surface area contributed by atoms with Gasteiger partial charge in [0.25, 0.3) is 5.91 Å². The van der Waals surface area contributed by atoms with Gasteiger partial charge in [-0.3, -0.25) is 4.79 Å². The van der Waals surface area contributed by atoms with Crippen molar-refractivity contribution in [3.05, 3.63) is 64.7 Å². The Morgan fingerprint density at radius 3 is 2.41 bits per heavy atom. The number of sulfone groups is 1. The van der Waals surface area contributed by atoms with Crippen molar-refractivity contribution in [2.45, 2.75) is 11.3 Å². The van der Waals surface area contributed by atoms with E-state index in [9.17, 15) is 13.2 Å². The molecule has 0 heterocycles. The fourth-order valence-corrected chi connectivity index (χ4v) is 2.81. The van der Waals surface area contributed by atoms with Gasteiger partial charge in [-0.25, -0.2) is 8.42 Å². The number of rotatable bonds is 5. The summed E-state index contributed by atoms with van der Waals surface area (Å²) in [4.78, 5) is 12.2. The van der Waals surface area contributed by atoms with Crippen LogP contribution < -0.4 is 5.32 Å². The first-order valence-electron chi connectivity index (χ1n) is 6.69. The Morgan fingerprint density at radius 2 is 1.82 bits per heavy atom. The molecule has 0 fully saturated rings. The van der Waals surface area contributed by atoms with Crippen molar-refractivity contribution < 1.29 is 13.2 Å². The van der Waals surface area contributed by atoms with Gasteiger partial charge in [0.05, 0.1) is 4.90 Å². The average Bonchev–Trinajstić information content (AvgIpc) is 2.46. The van der Waals surface area contributed by atoms with Crippen molar-refractivity contribution in [1.29, 1.82) is 0 Å². The lowest BCUT2D eigenvalue weighted by molar-refractivity contribution is 0.0954. The summed E-state index contributed by atoms with van der Waals surface area (Å²) in [5.74, 6) is -0.234. The number of halogens is 1. The highest BCUT2D eigenvalue weighted by Crippen LogP contribution is 2.12. The van der Waals surface area contributed by atoms with Crippen molar-refractivity contribution in [3.63, 3.8) is 0 Å². The fraction of sp³-hybridized carbons (Fsp3) is 0.188. The summed E-state index contributed by atoms with van der Waals surface area (Å²) >= 11 is 5.90. The van der Waals surface area contributed by atoms with Gasteiger partial charge in [-0.05, 0) is 48.4 Å². The van der Waals surface area contributed by atoms with Crippen LogP contribution in [-0.4, -0.2) is 27.1 Å². The molecule has 0 radical (unpaired) electrons. The third kappa shape index (κ3) is 4.58. The van der Waals surface area contributed by atoms with Crippen LogP contribution in [0, 0.1) is 0 Å². The maximum Gasteiger partial charge on any atom is 0.251 e. The van der Waals surface area contributed by atoms with Crippen LogP contribution in [0.1, 0.15) is 15.9 Å². The highest BCUT2D eigenvalue weighted by atomic mass is 35.5. The Bertz CT molecular complexity index is 770. The van der Waals surface area contributed by atoms with Crippen LogP contribution in [0.2, 0.25) is 5.02 Å². The van der Waals surface area contributed by atoms with Crippen LogP contribution in [0.25, 0.3) is 0 Å². The number of carbonyl (C=O) groups is 1. The zero-order valence-electron chi connectivity index (χ0n) is 12.0. The number of nitrogens with one attached hydrogen (secondary N) is 1. The predicted molar refractivity (Wildman–Crippen MR) is 87.0 cm³/mol. The zero-order chi connectivity index (χ0) is 16.2. The molecular weight excluding hydrogens is 322 g/mol. The van der Waals surface area contributed by atoms with E-state index >= 15 is 0 Å². The van der Waals surface area contributed by atoms with E-state index in [1.54, 1.807) is 6.07 Å². The van der Waals surface area contributed by atoms with Crippen molar-refractivity contribution in [2.75, 3.05) is 12.8 Å². The van der Waals surface area contributed by atoms with Gasteiger partial charge >= 0.3 is 0 Å². The van der Waals surface area contributed by atoms with Crippen LogP contribution in [0.5, 0.6) is 0 Å². The van der Waals surface area contributed by atoms with Gasteiger partial charge in [0, 0.05) is 23.4 Å². The quantitative estimate of drug-likeness (QED) is 0.912. The molecule has 0 aliphatic carbocycles. The molecule has 1 N–H and O–H groups in total. The highest BCUT2D eigenvalue weighted by molar-refractivity contribution is 7.90. The van der Waals surface area contributed by atoms with Crippen LogP contribution >= 0.6 is 11.6 Å². The minimum Gasteiger partial charge on any atom is -0.352 e. The van der Waals surface area contributed by atoms with E-state index in [2.05, 4.69) is 5.32 Å². The van der Waals surface area contributed by atoms with Gasteiger partial charge in [0.2, 0.25) is 0 Å². The summed E-state index contributed by atoms with van der Waals surface area (Å²) in [5, 5.41) is 3.46. The van der Waals surface area contributed by atoms with Crippen LogP contribution in [0.3, 0.4) is 0 Å². The number of hydrogen-bond acceptors (Lipinski definition) is 3. The van der Waals surface area contributed by atoms with Crippen LogP contribution in [0.15, 0.2) is 53.4 Å². The fourth-order valence-electron chi connectivity index (χ4n) is 1.97. The maximum atomic E-state index is 12.0. The normalized spacial score (nSPS) is 11.2. The Kier molecular flexibility index (Phi) is 5.21. The summed E-state index contributed by atoms with van der Waals surface area (Å²) in [6, 6.07) is 13.3. The second-order valence-corrected chi connectivity index (χ2v) is 7.38. The summed E-state index contributed by atoms with van der Waals surface area (Å²) in [7, 11) is -3.25. The smallest absolute Gasteiger partial charge is 0.251 e. The van der Waals surface area contributed by atoms with E-state index in [-0.39, 0.29) is 10.8 Å². The van der Waals surface area contributed by atoms with E-state index in [0.29, 0.717) is 23.6 Å². The molecule has 0 atom stereocenters.